The van der Waals surface area contributed by atoms with Gasteiger partial charge in [-0.05, 0) is 6.92 Å². The molecule has 0 aliphatic heterocycles. The van der Waals surface area contributed by atoms with Crippen molar-refractivity contribution >= 4 is 12.6 Å². The fraction of sp³-hybridized carbons (Fsp3) is 0.182. The number of hydrogen-bond acceptors (Lipinski definition) is 2. The average Bonchev–Trinajstić information content (AvgIpc) is 2.61. The number of rotatable bonds is 2. The van der Waals surface area contributed by atoms with Gasteiger partial charge < -0.3 is 4.98 Å². The van der Waals surface area contributed by atoms with Crippen LogP contribution in [0, 0.1) is 6.92 Å². The molecular weight excluding hydrogens is 192 g/mol. The van der Waals surface area contributed by atoms with Crippen molar-refractivity contribution in [3.8, 4) is 11.3 Å². The van der Waals surface area contributed by atoms with Gasteiger partial charge in [-0.15, -0.1) is 0 Å². The van der Waals surface area contributed by atoms with Crippen LogP contribution >= 0.6 is 12.6 Å². The Morgan fingerprint density at radius 2 is 2.00 bits per heavy atom. The Bertz CT molecular complexity index is 420. The average molecular weight is 204 g/mol. The van der Waals surface area contributed by atoms with Crippen molar-refractivity contribution in [1.29, 1.82) is 0 Å². The van der Waals surface area contributed by atoms with Gasteiger partial charge in [0.2, 0.25) is 0 Å². The SMILES string of the molecule is Cc1[nH]c(CS)nc1-c1ccccc1. The van der Waals surface area contributed by atoms with E-state index >= 15 is 0 Å². The summed E-state index contributed by atoms with van der Waals surface area (Å²) in [6, 6.07) is 10.2. The van der Waals surface area contributed by atoms with Crippen LogP contribution in [0.25, 0.3) is 11.3 Å². The molecule has 1 aromatic heterocycles. The minimum atomic E-state index is 0.647. The monoisotopic (exact) mass is 204 g/mol. The smallest absolute Gasteiger partial charge is 0.116 e. The number of thiol groups is 1. The highest BCUT2D eigenvalue weighted by molar-refractivity contribution is 7.79. The van der Waals surface area contributed by atoms with Gasteiger partial charge >= 0.3 is 0 Å². The molecule has 2 rings (SSSR count). The van der Waals surface area contributed by atoms with E-state index in [1.807, 2.05) is 25.1 Å². The highest BCUT2D eigenvalue weighted by Crippen LogP contribution is 2.20. The summed E-state index contributed by atoms with van der Waals surface area (Å²) in [6.07, 6.45) is 0. The number of aromatic amines is 1. The molecule has 0 aliphatic carbocycles. The van der Waals surface area contributed by atoms with Crippen LogP contribution in [0.2, 0.25) is 0 Å². The van der Waals surface area contributed by atoms with Crippen molar-refractivity contribution < 1.29 is 0 Å². The van der Waals surface area contributed by atoms with Crippen LogP contribution < -0.4 is 0 Å². The Morgan fingerprint density at radius 3 is 2.57 bits per heavy atom. The fourth-order valence-electron chi connectivity index (χ4n) is 1.47. The number of hydrogen-bond donors (Lipinski definition) is 2. The molecular formula is C11H12N2S. The largest absolute Gasteiger partial charge is 0.345 e. The zero-order valence-corrected chi connectivity index (χ0v) is 8.88. The van der Waals surface area contributed by atoms with Gasteiger partial charge in [0.25, 0.3) is 0 Å². The molecule has 72 valence electrons. The Hall–Kier alpha value is -1.22. The number of imidazole rings is 1. The minimum Gasteiger partial charge on any atom is -0.345 e. The highest BCUT2D eigenvalue weighted by atomic mass is 32.1. The van der Waals surface area contributed by atoms with Crippen molar-refractivity contribution in [1.82, 2.24) is 9.97 Å². The summed E-state index contributed by atoms with van der Waals surface area (Å²) in [5.74, 6) is 1.57. The molecule has 2 aromatic rings. The number of nitrogens with zero attached hydrogens (tertiary/aromatic N) is 1. The van der Waals surface area contributed by atoms with Crippen LogP contribution in [0.4, 0.5) is 0 Å². The lowest BCUT2D eigenvalue weighted by Crippen LogP contribution is -1.80. The van der Waals surface area contributed by atoms with Gasteiger partial charge in [0.05, 0.1) is 5.69 Å². The number of aromatic nitrogens is 2. The molecule has 3 heteroatoms. The van der Waals surface area contributed by atoms with E-state index in [-0.39, 0.29) is 0 Å². The Kier molecular flexibility index (Phi) is 2.59. The lowest BCUT2D eigenvalue weighted by atomic mass is 10.1. The lowest BCUT2D eigenvalue weighted by molar-refractivity contribution is 1.11. The van der Waals surface area contributed by atoms with E-state index in [1.54, 1.807) is 0 Å². The molecule has 0 radical (unpaired) electrons. The molecule has 0 bridgehead atoms. The Balaban J connectivity index is 2.46. The third-order valence-corrected chi connectivity index (χ3v) is 2.43. The van der Waals surface area contributed by atoms with Gasteiger partial charge in [-0.3, -0.25) is 0 Å². The molecule has 14 heavy (non-hydrogen) atoms. The van der Waals surface area contributed by atoms with E-state index in [0.29, 0.717) is 5.75 Å². The number of H-pyrrole nitrogens is 1. The van der Waals surface area contributed by atoms with E-state index in [1.165, 1.54) is 0 Å². The second-order valence-electron chi connectivity index (χ2n) is 3.18. The maximum Gasteiger partial charge on any atom is 0.116 e. The Morgan fingerprint density at radius 1 is 1.29 bits per heavy atom. The first-order valence-corrected chi connectivity index (χ1v) is 5.16. The van der Waals surface area contributed by atoms with Crippen LogP contribution in [0.15, 0.2) is 30.3 Å². The van der Waals surface area contributed by atoms with Crippen molar-refractivity contribution in [2.45, 2.75) is 12.7 Å². The predicted molar refractivity (Wildman–Crippen MR) is 61.5 cm³/mol. The summed E-state index contributed by atoms with van der Waals surface area (Å²) in [7, 11) is 0. The van der Waals surface area contributed by atoms with Crippen molar-refractivity contribution in [2.24, 2.45) is 0 Å². The van der Waals surface area contributed by atoms with Gasteiger partial charge in [0.15, 0.2) is 0 Å². The molecule has 1 aromatic carbocycles. The molecule has 0 fully saturated rings. The summed E-state index contributed by atoms with van der Waals surface area (Å²) in [6.45, 7) is 2.03. The van der Waals surface area contributed by atoms with E-state index < -0.39 is 0 Å². The van der Waals surface area contributed by atoms with Crippen LogP contribution in [0.5, 0.6) is 0 Å². The van der Waals surface area contributed by atoms with Crippen molar-refractivity contribution in [2.75, 3.05) is 0 Å². The molecule has 0 aliphatic rings. The van der Waals surface area contributed by atoms with Gasteiger partial charge in [-0.1, -0.05) is 30.3 Å². The van der Waals surface area contributed by atoms with Crippen molar-refractivity contribution in [3.05, 3.63) is 41.9 Å². The van der Waals surface area contributed by atoms with E-state index in [9.17, 15) is 0 Å². The quantitative estimate of drug-likeness (QED) is 0.723. The normalized spacial score (nSPS) is 10.4. The van der Waals surface area contributed by atoms with Crippen molar-refractivity contribution in [3.63, 3.8) is 0 Å². The minimum absolute atomic E-state index is 0.647. The molecule has 0 saturated heterocycles. The zero-order valence-electron chi connectivity index (χ0n) is 7.99. The fourth-order valence-corrected chi connectivity index (χ4v) is 1.62. The van der Waals surface area contributed by atoms with Crippen LogP contribution in [-0.4, -0.2) is 9.97 Å². The zero-order chi connectivity index (χ0) is 9.97. The second kappa shape index (κ2) is 3.88. The van der Waals surface area contributed by atoms with Crippen LogP contribution in [-0.2, 0) is 5.75 Å². The van der Waals surface area contributed by atoms with E-state index in [2.05, 4.69) is 34.7 Å². The summed E-state index contributed by atoms with van der Waals surface area (Å²) < 4.78 is 0. The van der Waals surface area contributed by atoms with Gasteiger partial charge in [0.1, 0.15) is 5.82 Å². The predicted octanol–water partition coefficient (Wildman–Crippen LogP) is 2.81. The molecule has 0 atom stereocenters. The summed E-state index contributed by atoms with van der Waals surface area (Å²) in [5.41, 5.74) is 3.27. The maximum atomic E-state index is 4.47. The van der Waals surface area contributed by atoms with E-state index in [0.717, 1.165) is 22.8 Å². The Labute approximate surface area is 88.8 Å². The first kappa shape index (κ1) is 9.34. The topological polar surface area (TPSA) is 28.7 Å². The summed E-state index contributed by atoms with van der Waals surface area (Å²) >= 11 is 4.19. The number of nitrogens with one attached hydrogen (secondary N) is 1. The standard InChI is InChI=1S/C11H12N2S/c1-8-11(13-10(7-14)12-8)9-5-3-2-4-6-9/h2-6,14H,7H2,1H3,(H,12,13). The molecule has 0 spiro atoms. The molecule has 2 nitrogen and oxygen atoms in total. The summed E-state index contributed by atoms with van der Waals surface area (Å²) in [4.78, 5) is 7.67. The molecule has 1 N–H and O–H groups in total. The third kappa shape index (κ3) is 1.68. The van der Waals surface area contributed by atoms with Crippen LogP contribution in [0.1, 0.15) is 11.5 Å². The van der Waals surface area contributed by atoms with Crippen LogP contribution in [0.3, 0.4) is 0 Å². The molecule has 0 saturated carbocycles. The van der Waals surface area contributed by atoms with Gasteiger partial charge in [0, 0.05) is 17.0 Å². The molecule has 0 amide bonds. The van der Waals surface area contributed by atoms with Gasteiger partial charge in [-0.25, -0.2) is 4.98 Å². The second-order valence-corrected chi connectivity index (χ2v) is 3.50. The number of benzene rings is 1. The van der Waals surface area contributed by atoms with E-state index in [4.69, 9.17) is 0 Å². The maximum absolute atomic E-state index is 4.47. The summed E-state index contributed by atoms with van der Waals surface area (Å²) in [5, 5.41) is 0. The third-order valence-electron chi connectivity index (χ3n) is 2.13. The first-order valence-electron chi connectivity index (χ1n) is 4.53. The highest BCUT2D eigenvalue weighted by Gasteiger charge is 2.06. The van der Waals surface area contributed by atoms with Gasteiger partial charge in [-0.2, -0.15) is 12.6 Å². The molecule has 0 unspecified atom stereocenters. The number of aryl methyl sites for hydroxylation is 1. The molecule has 1 heterocycles. The lowest BCUT2D eigenvalue weighted by Gasteiger charge is -1.96. The first-order chi connectivity index (χ1) is 6.81.